The summed E-state index contributed by atoms with van der Waals surface area (Å²) < 4.78 is 13.7. The van der Waals surface area contributed by atoms with Crippen LogP contribution in [0.25, 0.3) is 0 Å². The van der Waals surface area contributed by atoms with Crippen LogP contribution in [0.15, 0.2) is 12.2 Å². The van der Waals surface area contributed by atoms with Crippen LogP contribution >= 0.6 is 34.8 Å². The van der Waals surface area contributed by atoms with Gasteiger partial charge in [0, 0.05) is 7.11 Å². The molecule has 0 saturated heterocycles. The minimum Gasteiger partial charge on any atom is -0.465 e. The summed E-state index contributed by atoms with van der Waals surface area (Å²) in [5.41, 5.74) is 0. The molecule has 4 nitrogen and oxygen atoms in total. The van der Waals surface area contributed by atoms with Crippen molar-refractivity contribution in [1.29, 1.82) is 5.41 Å². The van der Waals surface area contributed by atoms with Crippen molar-refractivity contribution in [3.05, 3.63) is 12.2 Å². The maximum absolute atomic E-state index is 7.43. The molecular weight excluding hydrogens is 276 g/mol. The Kier molecular flexibility index (Phi) is 4.88. The molecule has 0 amide bonds. The number of hydrogen-bond acceptors (Lipinski definition) is 4. The predicted molar refractivity (Wildman–Crippen MR) is 63.4 cm³/mol. The van der Waals surface area contributed by atoms with Gasteiger partial charge in [-0.3, -0.25) is 5.41 Å². The number of rotatable bonds is 2. The smallest absolute Gasteiger partial charge is 0.265 e. The maximum Gasteiger partial charge on any atom is 0.265 e. The standard InChI is InChI=1S/C9H12Cl3NO3/c1-5-3-4-6(7(14-2)15-5)16-8(13)9(10,11)12/h3-7,13H,1-2H3. The first-order valence-corrected chi connectivity index (χ1v) is 5.67. The van der Waals surface area contributed by atoms with E-state index in [-0.39, 0.29) is 6.10 Å². The highest BCUT2D eigenvalue weighted by atomic mass is 35.6. The van der Waals surface area contributed by atoms with Gasteiger partial charge >= 0.3 is 0 Å². The number of alkyl halides is 3. The fourth-order valence-corrected chi connectivity index (χ4v) is 1.31. The SMILES string of the molecule is COC1OC(C)C=CC1OC(=N)C(Cl)(Cl)Cl. The van der Waals surface area contributed by atoms with Crippen LogP contribution < -0.4 is 0 Å². The molecule has 0 aromatic heterocycles. The molecule has 0 radical (unpaired) electrons. The van der Waals surface area contributed by atoms with Crippen molar-refractivity contribution in [2.45, 2.75) is 29.2 Å². The second-order valence-corrected chi connectivity index (χ2v) is 5.52. The first kappa shape index (κ1) is 14.1. The fourth-order valence-electron chi connectivity index (χ4n) is 1.18. The molecule has 0 saturated carbocycles. The van der Waals surface area contributed by atoms with Crippen molar-refractivity contribution in [1.82, 2.24) is 0 Å². The Balaban J connectivity index is 2.66. The molecule has 1 aliphatic heterocycles. The minimum absolute atomic E-state index is 0.0771. The van der Waals surface area contributed by atoms with Crippen LogP contribution in [0, 0.1) is 5.41 Å². The minimum atomic E-state index is -1.88. The Hall–Kier alpha value is -0.000000000000000111. The summed E-state index contributed by atoms with van der Waals surface area (Å²) in [6.45, 7) is 1.86. The molecule has 1 heterocycles. The van der Waals surface area contributed by atoms with E-state index in [1.807, 2.05) is 6.92 Å². The highest BCUT2D eigenvalue weighted by molar-refractivity contribution is 6.76. The lowest BCUT2D eigenvalue weighted by Gasteiger charge is -2.30. The summed E-state index contributed by atoms with van der Waals surface area (Å²) in [6.07, 6.45) is 2.21. The molecular formula is C9H12Cl3NO3. The van der Waals surface area contributed by atoms with Crippen molar-refractivity contribution in [2.75, 3.05) is 7.11 Å². The molecule has 0 aromatic rings. The van der Waals surface area contributed by atoms with Gasteiger partial charge in [-0.05, 0) is 13.0 Å². The zero-order chi connectivity index (χ0) is 12.3. The Bertz CT molecular complexity index is 290. The van der Waals surface area contributed by atoms with Crippen molar-refractivity contribution >= 4 is 40.7 Å². The first-order chi connectivity index (χ1) is 7.34. The Morgan fingerprint density at radius 1 is 1.38 bits per heavy atom. The van der Waals surface area contributed by atoms with Gasteiger partial charge in [-0.15, -0.1) is 0 Å². The summed E-state index contributed by atoms with van der Waals surface area (Å²) >= 11 is 16.5. The second-order valence-electron chi connectivity index (χ2n) is 3.24. The monoisotopic (exact) mass is 287 g/mol. The molecule has 0 bridgehead atoms. The van der Waals surface area contributed by atoms with Crippen molar-refractivity contribution < 1.29 is 14.2 Å². The van der Waals surface area contributed by atoms with Crippen LogP contribution in [0.4, 0.5) is 0 Å². The molecule has 7 heteroatoms. The molecule has 16 heavy (non-hydrogen) atoms. The van der Waals surface area contributed by atoms with Gasteiger partial charge in [-0.25, -0.2) is 0 Å². The number of ether oxygens (including phenoxy) is 3. The molecule has 0 fully saturated rings. The van der Waals surface area contributed by atoms with Crippen LogP contribution in [0.3, 0.4) is 0 Å². The van der Waals surface area contributed by atoms with E-state index in [1.54, 1.807) is 12.2 Å². The summed E-state index contributed by atoms with van der Waals surface area (Å²) in [5.74, 6) is -0.465. The Morgan fingerprint density at radius 3 is 2.50 bits per heavy atom. The lowest BCUT2D eigenvalue weighted by molar-refractivity contribution is -0.183. The van der Waals surface area contributed by atoms with E-state index in [1.165, 1.54) is 7.11 Å². The van der Waals surface area contributed by atoms with Gasteiger partial charge < -0.3 is 14.2 Å². The van der Waals surface area contributed by atoms with E-state index in [2.05, 4.69) is 0 Å². The molecule has 92 valence electrons. The lowest BCUT2D eigenvalue weighted by atomic mass is 10.2. The van der Waals surface area contributed by atoms with Gasteiger partial charge in [0.25, 0.3) is 3.79 Å². The molecule has 1 rings (SSSR count). The van der Waals surface area contributed by atoms with E-state index in [0.717, 1.165) is 0 Å². The van der Waals surface area contributed by atoms with Gasteiger partial charge in [-0.2, -0.15) is 0 Å². The van der Waals surface area contributed by atoms with Crippen molar-refractivity contribution in [2.24, 2.45) is 0 Å². The molecule has 3 atom stereocenters. The lowest BCUT2D eigenvalue weighted by Crippen LogP contribution is -2.40. The van der Waals surface area contributed by atoms with Crippen LogP contribution in [0.5, 0.6) is 0 Å². The molecule has 1 aliphatic rings. The number of halogens is 3. The third-order valence-corrected chi connectivity index (χ3v) is 2.45. The highest BCUT2D eigenvalue weighted by Crippen LogP contribution is 2.29. The fraction of sp³-hybridized carbons (Fsp3) is 0.667. The van der Waals surface area contributed by atoms with Gasteiger partial charge in [0.15, 0.2) is 12.4 Å². The molecule has 1 N–H and O–H groups in total. The quantitative estimate of drug-likeness (QED) is 0.368. The average molecular weight is 289 g/mol. The largest absolute Gasteiger partial charge is 0.465 e. The zero-order valence-electron chi connectivity index (χ0n) is 8.75. The number of hydrogen-bond donors (Lipinski definition) is 1. The van der Waals surface area contributed by atoms with Gasteiger partial charge in [0.1, 0.15) is 0 Å². The topological polar surface area (TPSA) is 51.5 Å². The molecule has 3 unspecified atom stereocenters. The number of nitrogens with one attached hydrogen (secondary N) is 1. The normalized spacial score (nSPS) is 30.2. The maximum atomic E-state index is 7.43. The summed E-state index contributed by atoms with van der Waals surface area (Å²) in [5, 5.41) is 7.43. The Labute approximate surface area is 109 Å². The van der Waals surface area contributed by atoms with Crippen LogP contribution in [0.1, 0.15) is 6.92 Å². The van der Waals surface area contributed by atoms with E-state index in [9.17, 15) is 0 Å². The Morgan fingerprint density at radius 2 is 2.00 bits per heavy atom. The summed E-state index contributed by atoms with van der Waals surface area (Å²) in [7, 11) is 1.48. The summed E-state index contributed by atoms with van der Waals surface area (Å²) in [6, 6.07) is 0. The van der Waals surface area contributed by atoms with E-state index < -0.39 is 22.1 Å². The molecule has 0 aliphatic carbocycles. The number of methoxy groups -OCH3 is 1. The third kappa shape index (κ3) is 3.79. The zero-order valence-corrected chi connectivity index (χ0v) is 11.0. The summed E-state index contributed by atoms with van der Waals surface area (Å²) in [4.78, 5) is 0. The van der Waals surface area contributed by atoms with Crippen LogP contribution in [-0.4, -0.2) is 35.3 Å². The molecule has 0 aromatic carbocycles. The van der Waals surface area contributed by atoms with Gasteiger partial charge in [0.05, 0.1) is 6.10 Å². The van der Waals surface area contributed by atoms with Crippen LogP contribution in [0.2, 0.25) is 0 Å². The first-order valence-electron chi connectivity index (χ1n) is 4.53. The van der Waals surface area contributed by atoms with Crippen molar-refractivity contribution in [3.63, 3.8) is 0 Å². The van der Waals surface area contributed by atoms with E-state index >= 15 is 0 Å². The average Bonchev–Trinajstić information content (AvgIpc) is 2.19. The second kappa shape index (κ2) is 5.56. The predicted octanol–water partition coefficient (Wildman–Crippen LogP) is 2.67. The van der Waals surface area contributed by atoms with Gasteiger partial charge in [-0.1, -0.05) is 40.9 Å². The van der Waals surface area contributed by atoms with Crippen LogP contribution in [-0.2, 0) is 14.2 Å². The van der Waals surface area contributed by atoms with Gasteiger partial charge in [0.2, 0.25) is 5.90 Å². The highest BCUT2D eigenvalue weighted by Gasteiger charge is 2.34. The molecule has 0 spiro atoms. The van der Waals surface area contributed by atoms with E-state index in [0.29, 0.717) is 0 Å². The third-order valence-electron chi connectivity index (χ3n) is 1.93. The van der Waals surface area contributed by atoms with Crippen molar-refractivity contribution in [3.8, 4) is 0 Å². The van der Waals surface area contributed by atoms with E-state index in [4.69, 9.17) is 54.4 Å².